The maximum Gasteiger partial charge on any atom is 0.410 e. The highest BCUT2D eigenvalue weighted by Gasteiger charge is 2.24. The van der Waals surface area contributed by atoms with E-state index < -0.39 is 0 Å². The summed E-state index contributed by atoms with van der Waals surface area (Å²) in [6.07, 6.45) is 4.30. The molecule has 0 N–H and O–H groups in total. The molecule has 2 aromatic rings. The molecule has 1 aromatic heterocycles. The van der Waals surface area contributed by atoms with Crippen LogP contribution in [0.2, 0.25) is 0 Å². The van der Waals surface area contributed by atoms with Crippen LogP contribution >= 0.6 is 0 Å². The number of nitrogens with zero attached hydrogens (tertiary/aromatic N) is 2. The van der Waals surface area contributed by atoms with Crippen molar-refractivity contribution in [3.8, 4) is 0 Å². The number of benzene rings is 1. The van der Waals surface area contributed by atoms with Crippen molar-refractivity contribution < 1.29 is 13.9 Å². The van der Waals surface area contributed by atoms with Gasteiger partial charge in [-0.1, -0.05) is 30.3 Å². The second-order valence-electron chi connectivity index (χ2n) is 6.04. The van der Waals surface area contributed by atoms with Crippen LogP contribution in [0.1, 0.15) is 30.1 Å². The Labute approximate surface area is 136 Å². The van der Waals surface area contributed by atoms with E-state index in [0.29, 0.717) is 12.5 Å². The van der Waals surface area contributed by atoms with E-state index in [1.165, 1.54) is 0 Å². The van der Waals surface area contributed by atoms with Crippen molar-refractivity contribution in [3.63, 3.8) is 0 Å². The summed E-state index contributed by atoms with van der Waals surface area (Å²) in [5, 5.41) is 0. The van der Waals surface area contributed by atoms with Crippen LogP contribution in [0.5, 0.6) is 0 Å². The van der Waals surface area contributed by atoms with Crippen LogP contribution in [-0.4, -0.2) is 29.1 Å². The lowest BCUT2D eigenvalue weighted by molar-refractivity contribution is 0.0818. The molecule has 3 rings (SSSR count). The highest BCUT2D eigenvalue weighted by atomic mass is 16.6. The zero-order valence-electron chi connectivity index (χ0n) is 13.4. The summed E-state index contributed by atoms with van der Waals surface area (Å²) in [6.45, 7) is 3.70. The zero-order valence-corrected chi connectivity index (χ0v) is 13.4. The SMILES string of the molecule is Cc1cnc(CC2CCN(C(=O)OCc3ccccc3)CC2)o1. The van der Waals surface area contributed by atoms with Crippen LogP contribution < -0.4 is 0 Å². The molecule has 0 saturated carbocycles. The molecule has 2 heterocycles. The molecule has 0 radical (unpaired) electrons. The van der Waals surface area contributed by atoms with Crippen molar-refractivity contribution in [1.82, 2.24) is 9.88 Å². The van der Waals surface area contributed by atoms with E-state index in [4.69, 9.17) is 9.15 Å². The number of amides is 1. The Balaban J connectivity index is 1.42. The highest BCUT2D eigenvalue weighted by Crippen LogP contribution is 2.22. The number of hydrogen-bond acceptors (Lipinski definition) is 4. The molecule has 0 atom stereocenters. The number of carbonyl (C=O) groups excluding carboxylic acids is 1. The van der Waals surface area contributed by atoms with E-state index >= 15 is 0 Å². The monoisotopic (exact) mass is 314 g/mol. The molecule has 1 amide bonds. The average molecular weight is 314 g/mol. The quantitative estimate of drug-likeness (QED) is 0.865. The third-order valence-electron chi connectivity index (χ3n) is 4.21. The van der Waals surface area contributed by atoms with Gasteiger partial charge in [-0.05, 0) is 31.2 Å². The van der Waals surface area contributed by atoms with E-state index in [-0.39, 0.29) is 6.09 Å². The predicted octanol–water partition coefficient (Wildman–Crippen LogP) is 3.57. The van der Waals surface area contributed by atoms with Gasteiger partial charge >= 0.3 is 6.09 Å². The number of ether oxygens (including phenoxy) is 1. The molecule has 0 spiro atoms. The van der Waals surface area contributed by atoms with Crippen molar-refractivity contribution in [2.75, 3.05) is 13.1 Å². The van der Waals surface area contributed by atoms with Crippen LogP contribution in [-0.2, 0) is 17.8 Å². The van der Waals surface area contributed by atoms with Gasteiger partial charge in [0.2, 0.25) is 0 Å². The first-order chi connectivity index (χ1) is 11.2. The van der Waals surface area contributed by atoms with Crippen molar-refractivity contribution in [1.29, 1.82) is 0 Å². The number of aryl methyl sites for hydroxylation is 1. The lowest BCUT2D eigenvalue weighted by Gasteiger charge is -2.30. The number of rotatable bonds is 4. The third-order valence-corrected chi connectivity index (χ3v) is 4.21. The van der Waals surface area contributed by atoms with Crippen LogP contribution in [0, 0.1) is 12.8 Å². The van der Waals surface area contributed by atoms with Crippen molar-refractivity contribution >= 4 is 6.09 Å². The smallest absolute Gasteiger partial charge is 0.410 e. The molecule has 1 aliphatic heterocycles. The Morgan fingerprint density at radius 3 is 2.70 bits per heavy atom. The Morgan fingerprint density at radius 2 is 2.04 bits per heavy atom. The maximum atomic E-state index is 12.1. The van der Waals surface area contributed by atoms with Crippen LogP contribution in [0.25, 0.3) is 0 Å². The second-order valence-corrected chi connectivity index (χ2v) is 6.04. The minimum Gasteiger partial charge on any atom is -0.446 e. The topological polar surface area (TPSA) is 55.6 Å². The molecule has 0 aliphatic carbocycles. The Morgan fingerprint density at radius 1 is 1.30 bits per heavy atom. The molecule has 5 nitrogen and oxygen atoms in total. The van der Waals surface area contributed by atoms with Gasteiger partial charge in [-0.2, -0.15) is 0 Å². The fourth-order valence-electron chi connectivity index (χ4n) is 2.87. The fourth-order valence-corrected chi connectivity index (χ4v) is 2.87. The summed E-state index contributed by atoms with van der Waals surface area (Å²) in [5.41, 5.74) is 1.01. The van der Waals surface area contributed by atoms with Crippen LogP contribution in [0.3, 0.4) is 0 Å². The standard InChI is InChI=1S/C18H22N2O3/c1-14-12-19-17(23-14)11-15-7-9-20(10-8-15)18(21)22-13-16-5-3-2-4-6-16/h2-6,12,15H,7-11,13H2,1H3. The molecule has 0 bridgehead atoms. The van der Waals surface area contributed by atoms with E-state index in [1.54, 1.807) is 11.1 Å². The summed E-state index contributed by atoms with van der Waals surface area (Å²) in [6, 6.07) is 9.75. The van der Waals surface area contributed by atoms with Gasteiger partial charge in [-0.25, -0.2) is 9.78 Å². The van der Waals surface area contributed by atoms with Gasteiger partial charge in [0.05, 0.1) is 6.20 Å². The normalized spacial score (nSPS) is 15.6. The Bertz CT molecular complexity index is 631. The minimum absolute atomic E-state index is 0.223. The second kappa shape index (κ2) is 7.31. The van der Waals surface area contributed by atoms with E-state index in [0.717, 1.165) is 49.6 Å². The molecule has 0 unspecified atom stereocenters. The van der Waals surface area contributed by atoms with E-state index in [2.05, 4.69) is 4.98 Å². The Hall–Kier alpha value is -2.30. The van der Waals surface area contributed by atoms with Crippen molar-refractivity contribution in [3.05, 3.63) is 53.7 Å². The van der Waals surface area contributed by atoms with Crippen LogP contribution in [0.15, 0.2) is 40.9 Å². The molecule has 1 aliphatic rings. The van der Waals surface area contributed by atoms with Crippen molar-refractivity contribution in [2.45, 2.75) is 32.8 Å². The summed E-state index contributed by atoms with van der Waals surface area (Å²) in [5.74, 6) is 2.17. The maximum absolute atomic E-state index is 12.1. The number of likely N-dealkylation sites (tertiary alicyclic amines) is 1. The molecule has 23 heavy (non-hydrogen) atoms. The van der Waals surface area contributed by atoms with Crippen molar-refractivity contribution in [2.24, 2.45) is 5.92 Å². The molecule has 1 saturated heterocycles. The molecule has 1 fully saturated rings. The van der Waals surface area contributed by atoms with Gasteiger partial charge in [-0.15, -0.1) is 0 Å². The summed E-state index contributed by atoms with van der Waals surface area (Å²) >= 11 is 0. The zero-order chi connectivity index (χ0) is 16.1. The number of carbonyl (C=O) groups is 1. The average Bonchev–Trinajstić information content (AvgIpc) is 2.99. The van der Waals surface area contributed by atoms with E-state index in [1.807, 2.05) is 37.3 Å². The molecular formula is C18H22N2O3. The third kappa shape index (κ3) is 4.34. The van der Waals surface area contributed by atoms with Gasteiger partial charge in [0, 0.05) is 19.5 Å². The van der Waals surface area contributed by atoms with Gasteiger partial charge in [0.15, 0.2) is 5.89 Å². The molecule has 1 aromatic carbocycles. The summed E-state index contributed by atoms with van der Waals surface area (Å²) < 4.78 is 10.9. The summed E-state index contributed by atoms with van der Waals surface area (Å²) in [4.78, 5) is 18.2. The first-order valence-electron chi connectivity index (χ1n) is 8.07. The molecule has 5 heteroatoms. The lowest BCUT2D eigenvalue weighted by atomic mass is 9.94. The summed E-state index contributed by atoms with van der Waals surface area (Å²) in [7, 11) is 0. The number of aromatic nitrogens is 1. The first kappa shape index (κ1) is 15.6. The van der Waals surface area contributed by atoms with E-state index in [9.17, 15) is 4.79 Å². The van der Waals surface area contributed by atoms with Crippen LogP contribution in [0.4, 0.5) is 4.79 Å². The number of hydrogen-bond donors (Lipinski definition) is 0. The molecule has 122 valence electrons. The fraction of sp³-hybridized carbons (Fsp3) is 0.444. The largest absolute Gasteiger partial charge is 0.446 e. The first-order valence-corrected chi connectivity index (χ1v) is 8.07. The van der Waals surface area contributed by atoms with Gasteiger partial charge in [0.1, 0.15) is 12.4 Å². The van der Waals surface area contributed by atoms with Gasteiger partial charge < -0.3 is 14.1 Å². The lowest BCUT2D eigenvalue weighted by Crippen LogP contribution is -2.39. The number of piperidine rings is 1. The van der Waals surface area contributed by atoms with Gasteiger partial charge in [0.25, 0.3) is 0 Å². The Kier molecular flexibility index (Phi) is 4.95. The molecular weight excluding hydrogens is 292 g/mol. The van der Waals surface area contributed by atoms with Gasteiger partial charge in [-0.3, -0.25) is 0 Å². The minimum atomic E-state index is -0.223. The number of oxazole rings is 1. The highest BCUT2D eigenvalue weighted by molar-refractivity contribution is 5.67. The predicted molar refractivity (Wildman–Crippen MR) is 85.9 cm³/mol.